The summed E-state index contributed by atoms with van der Waals surface area (Å²) < 4.78 is 126. The van der Waals surface area contributed by atoms with E-state index in [0.717, 1.165) is 23.0 Å². The molecule has 1 aliphatic carbocycles. The van der Waals surface area contributed by atoms with Crippen molar-refractivity contribution in [2.75, 3.05) is 4.90 Å². The largest absolute Gasteiger partial charge is 0.481 e. The second-order valence-electron chi connectivity index (χ2n) is 12.7. The number of benzene rings is 2. The highest BCUT2D eigenvalue weighted by atomic mass is 19.4. The van der Waals surface area contributed by atoms with E-state index in [1.807, 2.05) is 0 Å². The SMILES string of the molecule is CCC1CC(C(c2cc(C(F)(F)F)cc(C(F)(F)F)c2)c2nnn(C)n2)c2cc(C(F)(F)F)ccc2N1C(=O)C1CCC(CC(=O)O)CC1. The van der Waals surface area contributed by atoms with Gasteiger partial charge in [-0.1, -0.05) is 6.92 Å². The Hall–Kier alpha value is -4.18. The number of amides is 1. The van der Waals surface area contributed by atoms with Crippen LogP contribution in [0, 0.1) is 11.8 Å². The summed E-state index contributed by atoms with van der Waals surface area (Å²) in [6, 6.07) is 2.93. The van der Waals surface area contributed by atoms with Gasteiger partial charge < -0.3 is 10.0 Å². The fourth-order valence-corrected chi connectivity index (χ4v) is 7.13. The van der Waals surface area contributed by atoms with Crippen molar-refractivity contribution in [2.45, 2.75) is 88.3 Å². The second-order valence-corrected chi connectivity index (χ2v) is 12.7. The van der Waals surface area contributed by atoms with E-state index in [1.54, 1.807) is 6.92 Å². The number of carbonyl (C=O) groups is 2. The normalized spacial score (nSPS) is 22.5. The van der Waals surface area contributed by atoms with E-state index in [9.17, 15) is 49.1 Å². The van der Waals surface area contributed by atoms with E-state index in [1.165, 1.54) is 11.9 Å². The maximum absolute atomic E-state index is 14.1. The molecule has 266 valence electrons. The molecule has 1 saturated carbocycles. The molecular formula is C32H32F9N5O3. The zero-order chi connectivity index (χ0) is 36.1. The van der Waals surface area contributed by atoms with Gasteiger partial charge in [0.25, 0.3) is 0 Å². The fraction of sp³-hybridized carbons (Fsp3) is 0.531. The number of carbonyl (C=O) groups excluding carboxylic acids is 1. The van der Waals surface area contributed by atoms with E-state index in [4.69, 9.17) is 5.11 Å². The third-order valence-corrected chi connectivity index (χ3v) is 9.45. The first-order chi connectivity index (χ1) is 22.8. The molecule has 2 aromatic carbocycles. The number of alkyl halides is 9. The molecule has 0 saturated heterocycles. The third kappa shape index (κ3) is 7.69. The summed E-state index contributed by atoms with van der Waals surface area (Å²) in [5.41, 5.74) is -4.96. The standard InChI is InChI=1S/C32H32F9N5O3/c1-3-22-15-24(27(28-42-44-45(2)43-28)18-11-20(31(36,37)38)13-21(12-18)32(39,40)41)23-14-19(30(33,34)35)8-9-25(23)46(22)29(49)17-6-4-16(5-7-17)10-26(47)48/h8-9,11-14,16-17,22,24,27H,3-7,10,15H2,1-2H3,(H,47,48). The van der Waals surface area contributed by atoms with Gasteiger partial charge in [0.2, 0.25) is 5.91 Å². The lowest BCUT2D eigenvalue weighted by molar-refractivity contribution is -0.143. The molecule has 5 rings (SSSR count). The summed E-state index contributed by atoms with van der Waals surface area (Å²) in [4.78, 5) is 27.6. The van der Waals surface area contributed by atoms with E-state index < -0.39 is 76.5 Å². The minimum Gasteiger partial charge on any atom is -0.481 e. The van der Waals surface area contributed by atoms with Gasteiger partial charge in [0, 0.05) is 30.0 Å². The van der Waals surface area contributed by atoms with Crippen molar-refractivity contribution in [3.63, 3.8) is 0 Å². The number of hydrogen-bond acceptors (Lipinski definition) is 5. The van der Waals surface area contributed by atoms with Gasteiger partial charge in [0.1, 0.15) is 0 Å². The van der Waals surface area contributed by atoms with Crippen LogP contribution in [0.4, 0.5) is 45.2 Å². The molecule has 3 atom stereocenters. The van der Waals surface area contributed by atoms with Crippen LogP contribution in [0.2, 0.25) is 0 Å². The molecule has 2 aliphatic rings. The summed E-state index contributed by atoms with van der Waals surface area (Å²) >= 11 is 0. The van der Waals surface area contributed by atoms with Crippen molar-refractivity contribution in [2.24, 2.45) is 18.9 Å². The molecule has 1 N–H and O–H groups in total. The quantitative estimate of drug-likeness (QED) is 0.250. The molecular weight excluding hydrogens is 673 g/mol. The number of carboxylic acid groups (broad SMARTS) is 1. The molecule has 3 aromatic rings. The van der Waals surface area contributed by atoms with E-state index in [-0.39, 0.29) is 48.3 Å². The van der Waals surface area contributed by atoms with Crippen LogP contribution < -0.4 is 4.90 Å². The van der Waals surface area contributed by atoms with Gasteiger partial charge in [-0.05, 0) is 97.2 Å². The van der Waals surface area contributed by atoms with Crippen LogP contribution in [-0.4, -0.2) is 43.2 Å². The Morgan fingerprint density at radius 2 is 1.47 bits per heavy atom. The minimum absolute atomic E-state index is 0.0400. The number of aliphatic carboxylic acids is 1. The van der Waals surface area contributed by atoms with Crippen molar-refractivity contribution < 1.29 is 54.2 Å². The van der Waals surface area contributed by atoms with Crippen LogP contribution in [0.25, 0.3) is 0 Å². The first-order valence-electron chi connectivity index (χ1n) is 15.6. The summed E-state index contributed by atoms with van der Waals surface area (Å²) in [5, 5.41) is 20.9. The summed E-state index contributed by atoms with van der Waals surface area (Å²) in [6.45, 7) is 1.71. The summed E-state index contributed by atoms with van der Waals surface area (Å²) in [5.74, 6) is -5.12. The van der Waals surface area contributed by atoms with Crippen LogP contribution in [0.15, 0.2) is 36.4 Å². The first-order valence-corrected chi connectivity index (χ1v) is 15.6. The lowest BCUT2D eigenvalue weighted by Crippen LogP contribution is -2.48. The number of carboxylic acids is 1. The molecule has 1 aromatic heterocycles. The number of fused-ring (bicyclic) bond motifs is 1. The lowest BCUT2D eigenvalue weighted by atomic mass is 9.72. The number of tetrazole rings is 1. The summed E-state index contributed by atoms with van der Waals surface area (Å²) in [6.07, 6.45) is -13.7. The number of anilines is 1. The van der Waals surface area contributed by atoms with Gasteiger partial charge in [-0.3, -0.25) is 9.59 Å². The van der Waals surface area contributed by atoms with Gasteiger partial charge in [0.15, 0.2) is 5.82 Å². The molecule has 17 heteroatoms. The molecule has 3 unspecified atom stereocenters. The Kier molecular flexibility index (Phi) is 9.78. The molecule has 8 nitrogen and oxygen atoms in total. The van der Waals surface area contributed by atoms with Gasteiger partial charge in [0.05, 0.1) is 29.7 Å². The van der Waals surface area contributed by atoms with Crippen molar-refractivity contribution >= 4 is 17.6 Å². The average molecular weight is 706 g/mol. The number of aryl methyl sites for hydroxylation is 1. The topological polar surface area (TPSA) is 101 Å². The molecule has 0 radical (unpaired) electrons. The van der Waals surface area contributed by atoms with Crippen molar-refractivity contribution in [1.29, 1.82) is 0 Å². The highest BCUT2D eigenvalue weighted by Gasteiger charge is 2.46. The zero-order valence-corrected chi connectivity index (χ0v) is 26.2. The zero-order valence-electron chi connectivity index (χ0n) is 26.2. The maximum atomic E-state index is 14.1. The smallest absolute Gasteiger partial charge is 0.416 e. The fourth-order valence-electron chi connectivity index (χ4n) is 7.13. The van der Waals surface area contributed by atoms with Crippen LogP contribution in [0.3, 0.4) is 0 Å². The number of rotatable bonds is 7. The molecule has 0 spiro atoms. The van der Waals surface area contributed by atoms with Gasteiger partial charge in [-0.2, -0.15) is 44.3 Å². The second kappa shape index (κ2) is 13.3. The monoisotopic (exact) mass is 705 g/mol. The predicted octanol–water partition coefficient (Wildman–Crippen LogP) is 7.98. The maximum Gasteiger partial charge on any atom is 0.416 e. The number of aromatic nitrogens is 4. The Morgan fingerprint density at radius 3 is 1.96 bits per heavy atom. The molecule has 1 fully saturated rings. The highest BCUT2D eigenvalue weighted by Crippen LogP contribution is 2.51. The lowest BCUT2D eigenvalue weighted by Gasteiger charge is -2.45. The van der Waals surface area contributed by atoms with Crippen molar-refractivity contribution in [3.05, 3.63) is 70.0 Å². The Balaban J connectivity index is 1.68. The molecule has 49 heavy (non-hydrogen) atoms. The summed E-state index contributed by atoms with van der Waals surface area (Å²) in [7, 11) is 1.32. The van der Waals surface area contributed by atoms with Crippen LogP contribution in [-0.2, 0) is 35.2 Å². The molecule has 0 bridgehead atoms. The number of hydrogen-bond donors (Lipinski definition) is 1. The van der Waals surface area contributed by atoms with Crippen LogP contribution in [0.5, 0.6) is 0 Å². The van der Waals surface area contributed by atoms with Crippen molar-refractivity contribution in [1.82, 2.24) is 20.2 Å². The predicted molar refractivity (Wildman–Crippen MR) is 155 cm³/mol. The number of halogens is 9. The average Bonchev–Trinajstić information content (AvgIpc) is 3.44. The Bertz CT molecular complexity index is 1660. The molecule has 2 heterocycles. The highest BCUT2D eigenvalue weighted by molar-refractivity contribution is 5.97. The van der Waals surface area contributed by atoms with E-state index in [2.05, 4.69) is 15.4 Å². The number of nitrogens with zero attached hydrogens (tertiary/aromatic N) is 5. The van der Waals surface area contributed by atoms with Gasteiger partial charge >= 0.3 is 24.5 Å². The van der Waals surface area contributed by atoms with E-state index in [0.29, 0.717) is 37.8 Å². The first kappa shape index (κ1) is 36.1. The minimum atomic E-state index is -5.21. The van der Waals surface area contributed by atoms with E-state index >= 15 is 0 Å². The Morgan fingerprint density at radius 1 is 0.878 bits per heavy atom. The third-order valence-electron chi connectivity index (χ3n) is 9.45. The van der Waals surface area contributed by atoms with Crippen LogP contribution in [0.1, 0.15) is 97.3 Å². The Labute approximate surface area is 274 Å². The van der Waals surface area contributed by atoms with Gasteiger partial charge in [-0.25, -0.2) is 0 Å². The molecule has 1 amide bonds. The van der Waals surface area contributed by atoms with Crippen LogP contribution >= 0.6 is 0 Å². The van der Waals surface area contributed by atoms with Crippen molar-refractivity contribution in [3.8, 4) is 0 Å². The molecule has 1 aliphatic heterocycles. The van der Waals surface area contributed by atoms with Gasteiger partial charge in [-0.15, -0.1) is 10.2 Å².